The van der Waals surface area contributed by atoms with Gasteiger partial charge in [0.15, 0.2) is 6.17 Å². The van der Waals surface area contributed by atoms with Crippen LogP contribution in [0.5, 0.6) is 5.75 Å². The average molecular weight is 521 g/mol. The molecular formula is C26H33FN2O6S. The van der Waals surface area contributed by atoms with Crippen molar-refractivity contribution in [1.29, 1.82) is 0 Å². The number of nitrogens with zero attached hydrogens (tertiary/aromatic N) is 2. The number of amides is 2. The lowest BCUT2D eigenvalue weighted by atomic mass is 9.89. The molecule has 2 aromatic rings. The van der Waals surface area contributed by atoms with Crippen molar-refractivity contribution < 1.29 is 34.3 Å². The molecular weight excluding hydrogens is 487 g/mol. The molecule has 1 aromatic carbocycles. The summed E-state index contributed by atoms with van der Waals surface area (Å²) in [5, 5.41) is 40.6. The standard InChI is InChI=1S/C26H33FN2O6S/c1-14-8-19(31)18(25-24(33)23(32)22(27)20(13-30)35-25)11-15(14)9-17-10-16-12-29(7-4-21(16)36-17)26(34)28-5-2-3-6-28/h8,10-11,20,22-25,30-33H,2-7,9,12-13H2,1H3/t20-,22-,23+,24-,25+/m1/s1. The molecule has 5 rings (SSSR count). The summed E-state index contributed by atoms with van der Waals surface area (Å²) < 4.78 is 19.8. The van der Waals surface area contributed by atoms with E-state index in [4.69, 9.17) is 4.74 Å². The highest BCUT2D eigenvalue weighted by molar-refractivity contribution is 7.12. The fourth-order valence-electron chi connectivity index (χ4n) is 5.45. The van der Waals surface area contributed by atoms with E-state index in [2.05, 4.69) is 6.07 Å². The van der Waals surface area contributed by atoms with Gasteiger partial charge < -0.3 is 35.0 Å². The normalized spacial score (nSPS) is 28.4. The summed E-state index contributed by atoms with van der Waals surface area (Å²) in [5.74, 6) is -0.122. The van der Waals surface area contributed by atoms with Gasteiger partial charge in [-0.2, -0.15) is 0 Å². The lowest BCUT2D eigenvalue weighted by Crippen LogP contribution is -2.53. The van der Waals surface area contributed by atoms with E-state index in [1.165, 1.54) is 10.4 Å². The van der Waals surface area contributed by atoms with Crippen LogP contribution in [0.2, 0.25) is 0 Å². The number of aliphatic hydroxyl groups excluding tert-OH is 3. The van der Waals surface area contributed by atoms with Crippen LogP contribution in [0.4, 0.5) is 9.18 Å². The molecule has 5 atom stereocenters. The number of fused-ring (bicyclic) bond motifs is 1. The Labute approximate surface area is 213 Å². The van der Waals surface area contributed by atoms with Crippen LogP contribution in [-0.4, -0.2) is 87.0 Å². The molecule has 4 heterocycles. The molecule has 10 heteroatoms. The second-order valence-corrected chi connectivity index (χ2v) is 11.2. The smallest absolute Gasteiger partial charge is 0.320 e. The number of carbonyl (C=O) groups is 1. The molecule has 0 aliphatic carbocycles. The highest BCUT2D eigenvalue weighted by Gasteiger charge is 2.46. The number of urea groups is 1. The lowest BCUT2D eigenvalue weighted by molar-refractivity contribution is -0.214. The van der Waals surface area contributed by atoms with Crippen molar-refractivity contribution in [3.63, 3.8) is 0 Å². The molecule has 36 heavy (non-hydrogen) atoms. The Morgan fingerprint density at radius 1 is 1.14 bits per heavy atom. The number of aromatic hydroxyl groups is 1. The molecule has 2 fully saturated rings. The number of phenolic OH excluding ortho intramolecular Hbond substituents is 1. The summed E-state index contributed by atoms with van der Waals surface area (Å²) >= 11 is 1.72. The summed E-state index contributed by atoms with van der Waals surface area (Å²) in [4.78, 5) is 19.1. The van der Waals surface area contributed by atoms with Crippen molar-refractivity contribution in [1.82, 2.24) is 9.80 Å². The maximum atomic E-state index is 14.2. The number of alkyl halides is 1. The molecule has 3 aliphatic heterocycles. The van der Waals surface area contributed by atoms with Crippen molar-refractivity contribution in [2.45, 2.75) is 69.7 Å². The van der Waals surface area contributed by atoms with Gasteiger partial charge in [-0.05, 0) is 61.1 Å². The number of likely N-dealkylation sites (tertiary alicyclic amines) is 1. The predicted octanol–water partition coefficient (Wildman–Crippen LogP) is 2.42. The van der Waals surface area contributed by atoms with Crippen LogP contribution in [0.1, 0.15) is 51.0 Å². The van der Waals surface area contributed by atoms with Crippen molar-refractivity contribution in [2.24, 2.45) is 0 Å². The van der Waals surface area contributed by atoms with E-state index in [1.54, 1.807) is 23.5 Å². The number of ether oxygens (including phenoxy) is 1. The number of benzene rings is 1. The molecule has 8 nitrogen and oxygen atoms in total. The zero-order valence-electron chi connectivity index (χ0n) is 20.3. The summed E-state index contributed by atoms with van der Waals surface area (Å²) in [5.41, 5.74) is 3.16. The highest BCUT2D eigenvalue weighted by Crippen LogP contribution is 2.39. The van der Waals surface area contributed by atoms with Gasteiger partial charge in [-0.15, -0.1) is 11.3 Å². The first-order valence-electron chi connectivity index (χ1n) is 12.5. The zero-order chi connectivity index (χ0) is 25.6. The number of thiophene rings is 1. The maximum absolute atomic E-state index is 14.2. The van der Waals surface area contributed by atoms with Gasteiger partial charge in [-0.25, -0.2) is 9.18 Å². The Morgan fingerprint density at radius 2 is 1.89 bits per heavy atom. The van der Waals surface area contributed by atoms with Gasteiger partial charge in [0, 0.05) is 47.9 Å². The van der Waals surface area contributed by atoms with Crippen molar-refractivity contribution >= 4 is 17.4 Å². The second kappa shape index (κ2) is 10.3. The third kappa shape index (κ3) is 4.72. The van der Waals surface area contributed by atoms with Crippen molar-refractivity contribution in [3.8, 4) is 5.75 Å². The van der Waals surface area contributed by atoms with E-state index >= 15 is 0 Å². The molecule has 1 aromatic heterocycles. The Bertz CT molecular complexity index is 1120. The monoisotopic (exact) mass is 520 g/mol. The quantitative estimate of drug-likeness (QED) is 0.493. The largest absolute Gasteiger partial charge is 0.508 e. The van der Waals surface area contributed by atoms with Crippen molar-refractivity contribution in [2.75, 3.05) is 26.2 Å². The molecule has 0 saturated carbocycles. The Balaban J connectivity index is 1.35. The molecule has 0 bridgehead atoms. The predicted molar refractivity (Wildman–Crippen MR) is 132 cm³/mol. The molecule has 3 aliphatic rings. The van der Waals surface area contributed by atoms with E-state index in [0.29, 0.717) is 19.5 Å². The highest BCUT2D eigenvalue weighted by atomic mass is 32.1. The molecule has 0 radical (unpaired) electrons. The third-order valence-electron chi connectivity index (χ3n) is 7.56. The van der Waals surface area contributed by atoms with E-state index in [-0.39, 0.29) is 17.3 Å². The summed E-state index contributed by atoms with van der Waals surface area (Å²) in [6.45, 7) is 4.21. The Hall–Kier alpha value is -2.24. The molecule has 0 unspecified atom stereocenters. The zero-order valence-corrected chi connectivity index (χ0v) is 21.1. The van der Waals surface area contributed by atoms with Gasteiger partial charge in [0.25, 0.3) is 0 Å². The van der Waals surface area contributed by atoms with Crippen LogP contribution in [0.25, 0.3) is 0 Å². The van der Waals surface area contributed by atoms with E-state index in [0.717, 1.165) is 48.4 Å². The summed E-state index contributed by atoms with van der Waals surface area (Å²) in [6, 6.07) is 5.56. The van der Waals surface area contributed by atoms with Gasteiger partial charge in [0.05, 0.1) is 6.61 Å². The number of carbonyl (C=O) groups excluding carboxylic acids is 1. The minimum atomic E-state index is -1.93. The Kier molecular flexibility index (Phi) is 7.24. The fourth-order valence-corrected chi connectivity index (χ4v) is 6.64. The lowest BCUT2D eigenvalue weighted by Gasteiger charge is -2.39. The number of hydrogen-bond acceptors (Lipinski definition) is 7. The van der Waals surface area contributed by atoms with Crippen molar-refractivity contribution in [3.05, 3.63) is 50.2 Å². The number of hydrogen-bond donors (Lipinski definition) is 4. The number of phenols is 1. The molecule has 0 spiro atoms. The Morgan fingerprint density at radius 3 is 2.61 bits per heavy atom. The average Bonchev–Trinajstić information content (AvgIpc) is 3.54. The topological polar surface area (TPSA) is 114 Å². The van der Waals surface area contributed by atoms with Gasteiger partial charge in [-0.1, -0.05) is 0 Å². The molecule has 196 valence electrons. The van der Waals surface area contributed by atoms with Crippen LogP contribution in [0.15, 0.2) is 18.2 Å². The first-order chi connectivity index (χ1) is 17.3. The minimum absolute atomic E-state index is 0.120. The first kappa shape index (κ1) is 25.4. The van der Waals surface area contributed by atoms with Gasteiger partial charge in [0.2, 0.25) is 0 Å². The number of rotatable bonds is 4. The third-order valence-corrected chi connectivity index (χ3v) is 8.80. The van der Waals surface area contributed by atoms with Crippen LogP contribution in [0.3, 0.4) is 0 Å². The number of halogens is 1. The summed E-state index contributed by atoms with van der Waals surface area (Å²) in [6.07, 6.45) is -4.18. The van der Waals surface area contributed by atoms with E-state index < -0.39 is 37.2 Å². The molecule has 4 N–H and O–H groups in total. The summed E-state index contributed by atoms with van der Waals surface area (Å²) in [7, 11) is 0. The molecule has 2 saturated heterocycles. The van der Waals surface area contributed by atoms with Gasteiger partial charge >= 0.3 is 6.03 Å². The van der Waals surface area contributed by atoms with E-state index in [9.17, 15) is 29.6 Å². The van der Waals surface area contributed by atoms with Crippen LogP contribution in [-0.2, 0) is 24.1 Å². The van der Waals surface area contributed by atoms with Gasteiger partial charge in [0.1, 0.15) is 30.2 Å². The van der Waals surface area contributed by atoms with Crippen LogP contribution < -0.4 is 0 Å². The number of aliphatic hydroxyl groups is 3. The van der Waals surface area contributed by atoms with E-state index in [1.807, 2.05) is 16.7 Å². The second-order valence-electron chi connectivity index (χ2n) is 10.0. The van der Waals surface area contributed by atoms with Crippen LogP contribution >= 0.6 is 11.3 Å². The SMILES string of the molecule is Cc1cc(O)c([C@@H]2O[C@H](CO)[C@@H](F)[C@H](O)[C@H]2O)cc1Cc1cc2c(s1)CCN(C(=O)N1CCCC1)C2. The maximum Gasteiger partial charge on any atom is 0.320 e. The fraction of sp³-hybridized carbons (Fsp3) is 0.577. The van der Waals surface area contributed by atoms with Crippen LogP contribution in [0, 0.1) is 6.92 Å². The number of aryl methyl sites for hydroxylation is 1. The minimum Gasteiger partial charge on any atom is -0.508 e. The molecule has 2 amide bonds. The first-order valence-corrected chi connectivity index (χ1v) is 13.3. The van der Waals surface area contributed by atoms with Gasteiger partial charge in [-0.3, -0.25) is 0 Å².